The summed E-state index contributed by atoms with van der Waals surface area (Å²) in [4.78, 5) is 11.2. The van der Waals surface area contributed by atoms with Crippen LogP contribution in [0.1, 0.15) is 15.9 Å². The fraction of sp³-hybridized carbons (Fsp3) is 0.0714. The summed E-state index contributed by atoms with van der Waals surface area (Å²) in [5, 5.41) is 9.15. The zero-order valence-electron chi connectivity index (χ0n) is 9.68. The highest BCUT2D eigenvalue weighted by Crippen LogP contribution is 2.31. The molecule has 0 bridgehead atoms. The van der Waals surface area contributed by atoms with Crippen molar-refractivity contribution in [2.24, 2.45) is 0 Å². The van der Waals surface area contributed by atoms with Crippen molar-refractivity contribution < 1.29 is 14.6 Å². The van der Waals surface area contributed by atoms with Gasteiger partial charge < -0.3 is 9.84 Å². The van der Waals surface area contributed by atoms with Gasteiger partial charge in [-0.1, -0.05) is 23.8 Å². The first-order valence-corrected chi connectivity index (χ1v) is 6.13. The summed E-state index contributed by atoms with van der Waals surface area (Å²) in [6.07, 6.45) is 0. The van der Waals surface area contributed by atoms with Crippen molar-refractivity contribution in [2.45, 2.75) is 6.92 Å². The summed E-state index contributed by atoms with van der Waals surface area (Å²) in [5.74, 6) is -0.0791. The molecule has 0 spiro atoms. The Hall–Kier alpha value is -1.81. The monoisotopic (exact) mass is 306 g/mol. The summed E-state index contributed by atoms with van der Waals surface area (Å²) < 4.78 is 6.41. The normalized spacial score (nSPS) is 10.1. The average Bonchev–Trinajstić information content (AvgIpc) is 2.34. The zero-order valence-corrected chi connectivity index (χ0v) is 11.3. The van der Waals surface area contributed by atoms with E-state index in [0.717, 1.165) is 10.0 Å². The highest BCUT2D eigenvalue weighted by atomic mass is 79.9. The van der Waals surface area contributed by atoms with E-state index in [1.807, 2.05) is 31.2 Å². The Kier molecular flexibility index (Phi) is 3.67. The number of halogens is 1. The second-order valence-electron chi connectivity index (χ2n) is 3.84. The lowest BCUT2D eigenvalue weighted by Crippen LogP contribution is -2.00. The number of para-hydroxylation sites is 1. The number of carbonyl (C=O) groups is 1. The van der Waals surface area contributed by atoms with E-state index in [9.17, 15) is 4.79 Å². The Morgan fingerprint density at radius 1 is 1.17 bits per heavy atom. The van der Waals surface area contributed by atoms with Crippen LogP contribution in [0.2, 0.25) is 0 Å². The number of ether oxygens (including phenoxy) is 1. The highest BCUT2D eigenvalue weighted by molar-refractivity contribution is 9.10. The van der Waals surface area contributed by atoms with E-state index >= 15 is 0 Å². The average molecular weight is 307 g/mol. The van der Waals surface area contributed by atoms with Crippen LogP contribution in [0.3, 0.4) is 0 Å². The summed E-state index contributed by atoms with van der Waals surface area (Å²) in [5.41, 5.74) is 1.04. The number of rotatable bonds is 3. The largest absolute Gasteiger partial charge is 0.478 e. The molecule has 3 nitrogen and oxygen atoms in total. The van der Waals surface area contributed by atoms with Gasteiger partial charge in [-0.15, -0.1) is 0 Å². The van der Waals surface area contributed by atoms with Crippen LogP contribution in [-0.4, -0.2) is 11.1 Å². The number of aromatic carboxylic acids is 1. The molecule has 0 aliphatic heterocycles. The smallest absolute Gasteiger partial charge is 0.339 e. The third kappa shape index (κ3) is 2.71. The molecule has 0 aliphatic carbocycles. The van der Waals surface area contributed by atoms with Gasteiger partial charge in [-0.25, -0.2) is 4.79 Å². The lowest BCUT2D eigenvalue weighted by molar-refractivity contribution is 0.0694. The minimum atomic E-state index is -0.999. The molecule has 0 heterocycles. The Morgan fingerprint density at radius 3 is 2.56 bits per heavy atom. The predicted molar refractivity (Wildman–Crippen MR) is 72.4 cm³/mol. The molecule has 0 saturated carbocycles. The number of aryl methyl sites for hydroxylation is 1. The van der Waals surface area contributed by atoms with Crippen molar-refractivity contribution >= 4 is 21.9 Å². The molecule has 0 amide bonds. The van der Waals surface area contributed by atoms with Gasteiger partial charge in [0.15, 0.2) is 0 Å². The van der Waals surface area contributed by atoms with Crippen molar-refractivity contribution in [1.29, 1.82) is 0 Å². The van der Waals surface area contributed by atoms with Crippen molar-refractivity contribution in [3.8, 4) is 11.5 Å². The molecule has 4 heteroatoms. The van der Waals surface area contributed by atoms with Gasteiger partial charge in [-0.2, -0.15) is 0 Å². The minimum absolute atomic E-state index is 0.158. The van der Waals surface area contributed by atoms with Crippen LogP contribution in [-0.2, 0) is 0 Å². The third-order valence-electron chi connectivity index (χ3n) is 2.42. The van der Waals surface area contributed by atoms with Gasteiger partial charge in [0.2, 0.25) is 0 Å². The van der Waals surface area contributed by atoms with Crippen LogP contribution in [0.25, 0.3) is 0 Å². The van der Waals surface area contributed by atoms with E-state index in [4.69, 9.17) is 9.84 Å². The van der Waals surface area contributed by atoms with Crippen LogP contribution in [0.5, 0.6) is 11.5 Å². The Morgan fingerprint density at radius 2 is 1.89 bits per heavy atom. The molecular formula is C14H11BrO3. The Labute approximate surface area is 113 Å². The number of benzene rings is 2. The fourth-order valence-corrected chi connectivity index (χ4v) is 1.91. The van der Waals surface area contributed by atoms with E-state index in [0.29, 0.717) is 11.5 Å². The summed E-state index contributed by atoms with van der Waals surface area (Å²) in [6, 6.07) is 12.4. The molecule has 0 aliphatic rings. The maximum Gasteiger partial charge on any atom is 0.339 e. The van der Waals surface area contributed by atoms with Gasteiger partial charge >= 0.3 is 5.97 Å². The molecule has 0 radical (unpaired) electrons. The molecule has 1 N–H and O–H groups in total. The van der Waals surface area contributed by atoms with Crippen molar-refractivity contribution in [1.82, 2.24) is 0 Å². The lowest BCUT2D eigenvalue weighted by atomic mass is 10.1. The Bertz CT molecular complexity index is 593. The first kappa shape index (κ1) is 12.6. The van der Waals surface area contributed by atoms with Crippen molar-refractivity contribution in [2.75, 3.05) is 0 Å². The molecule has 0 saturated heterocycles. The maximum atomic E-state index is 11.2. The molecule has 92 valence electrons. The molecule has 0 unspecified atom stereocenters. The topological polar surface area (TPSA) is 46.5 Å². The quantitative estimate of drug-likeness (QED) is 0.922. The maximum absolute atomic E-state index is 11.2. The van der Waals surface area contributed by atoms with Crippen molar-refractivity contribution in [3.05, 3.63) is 58.1 Å². The fourth-order valence-electron chi connectivity index (χ4n) is 1.55. The van der Waals surface area contributed by atoms with E-state index in [-0.39, 0.29) is 5.56 Å². The lowest BCUT2D eigenvalue weighted by Gasteiger charge is -2.10. The molecule has 0 fully saturated rings. The number of carboxylic acids is 1. The van der Waals surface area contributed by atoms with Gasteiger partial charge in [0.1, 0.15) is 17.1 Å². The van der Waals surface area contributed by atoms with E-state index < -0.39 is 5.97 Å². The van der Waals surface area contributed by atoms with E-state index in [1.54, 1.807) is 18.2 Å². The summed E-state index contributed by atoms with van der Waals surface area (Å²) >= 11 is 3.36. The SMILES string of the molecule is Cc1ccc(Oc2ccccc2Br)c(C(=O)O)c1. The second-order valence-corrected chi connectivity index (χ2v) is 4.69. The molecule has 0 aromatic heterocycles. The zero-order chi connectivity index (χ0) is 13.1. The molecule has 2 aromatic rings. The molecule has 0 atom stereocenters. The number of hydrogen-bond acceptors (Lipinski definition) is 2. The summed E-state index contributed by atoms with van der Waals surface area (Å²) in [6.45, 7) is 1.84. The van der Waals surface area contributed by atoms with Gasteiger partial charge in [0, 0.05) is 0 Å². The van der Waals surface area contributed by atoms with Gasteiger partial charge in [0.05, 0.1) is 4.47 Å². The van der Waals surface area contributed by atoms with Crippen molar-refractivity contribution in [3.63, 3.8) is 0 Å². The first-order chi connectivity index (χ1) is 8.58. The standard InChI is InChI=1S/C14H11BrO3/c1-9-6-7-12(10(8-9)14(16)17)18-13-5-3-2-4-11(13)15/h2-8H,1H3,(H,16,17). The van der Waals surface area contributed by atoms with Crippen LogP contribution in [0, 0.1) is 6.92 Å². The van der Waals surface area contributed by atoms with Gasteiger partial charge in [-0.05, 0) is 47.1 Å². The third-order valence-corrected chi connectivity index (χ3v) is 3.08. The number of hydrogen-bond donors (Lipinski definition) is 1. The molecule has 2 aromatic carbocycles. The van der Waals surface area contributed by atoms with Crippen LogP contribution in [0.15, 0.2) is 46.9 Å². The predicted octanol–water partition coefficient (Wildman–Crippen LogP) is 4.25. The van der Waals surface area contributed by atoms with E-state index in [2.05, 4.69) is 15.9 Å². The molecular weight excluding hydrogens is 296 g/mol. The second kappa shape index (κ2) is 5.23. The van der Waals surface area contributed by atoms with Crippen LogP contribution in [0.4, 0.5) is 0 Å². The van der Waals surface area contributed by atoms with Gasteiger partial charge in [0.25, 0.3) is 0 Å². The minimum Gasteiger partial charge on any atom is -0.478 e. The number of carboxylic acid groups (broad SMARTS) is 1. The van der Waals surface area contributed by atoms with E-state index in [1.165, 1.54) is 0 Å². The van der Waals surface area contributed by atoms with Crippen LogP contribution >= 0.6 is 15.9 Å². The first-order valence-electron chi connectivity index (χ1n) is 5.34. The summed E-state index contributed by atoms with van der Waals surface area (Å²) in [7, 11) is 0. The van der Waals surface area contributed by atoms with Crippen LogP contribution < -0.4 is 4.74 Å². The van der Waals surface area contributed by atoms with Gasteiger partial charge in [-0.3, -0.25) is 0 Å². The Balaban J connectivity index is 2.41. The highest BCUT2D eigenvalue weighted by Gasteiger charge is 2.13. The molecule has 18 heavy (non-hydrogen) atoms. The molecule has 2 rings (SSSR count).